The van der Waals surface area contributed by atoms with E-state index in [4.69, 9.17) is 4.52 Å². The van der Waals surface area contributed by atoms with Gasteiger partial charge < -0.3 is 9.84 Å². The van der Waals surface area contributed by atoms with Crippen LogP contribution in [0.2, 0.25) is 0 Å². The van der Waals surface area contributed by atoms with Crippen molar-refractivity contribution in [3.05, 3.63) is 60.0 Å². The molecule has 0 aliphatic heterocycles. The van der Waals surface area contributed by atoms with E-state index in [1.54, 1.807) is 30.3 Å². The Balaban J connectivity index is 1.43. The molecule has 8 nitrogen and oxygen atoms in total. The molecule has 0 spiro atoms. The maximum atomic E-state index is 12.5. The van der Waals surface area contributed by atoms with Gasteiger partial charge in [-0.1, -0.05) is 35.0 Å². The molecule has 1 heterocycles. The van der Waals surface area contributed by atoms with Gasteiger partial charge in [-0.15, -0.1) is 0 Å². The summed E-state index contributed by atoms with van der Waals surface area (Å²) >= 11 is 0. The SMILES string of the molecule is Cc1ccc(S(=O)(=O)N[C@H](C)C(=O)Nc2cccc(-c3noc(C4CC4)n3)c2)cc1. The summed E-state index contributed by atoms with van der Waals surface area (Å²) in [6.45, 7) is 3.36. The summed E-state index contributed by atoms with van der Waals surface area (Å²) in [5.41, 5.74) is 2.17. The van der Waals surface area contributed by atoms with Gasteiger partial charge in [0.15, 0.2) is 0 Å². The third-order valence-corrected chi connectivity index (χ3v) is 6.37. The number of anilines is 1. The number of nitrogens with zero attached hydrogens (tertiary/aromatic N) is 2. The lowest BCUT2D eigenvalue weighted by atomic mass is 10.2. The average Bonchev–Trinajstić information content (AvgIpc) is 3.45. The van der Waals surface area contributed by atoms with Crippen LogP contribution >= 0.6 is 0 Å². The number of hydrogen-bond acceptors (Lipinski definition) is 6. The van der Waals surface area contributed by atoms with Crippen LogP contribution in [-0.4, -0.2) is 30.5 Å². The number of sulfonamides is 1. The van der Waals surface area contributed by atoms with Crippen molar-refractivity contribution in [3.63, 3.8) is 0 Å². The molecule has 0 saturated heterocycles. The van der Waals surface area contributed by atoms with Crippen molar-refractivity contribution < 1.29 is 17.7 Å². The Morgan fingerprint density at radius 2 is 1.90 bits per heavy atom. The second kappa shape index (κ2) is 8.00. The fourth-order valence-corrected chi connectivity index (χ4v) is 4.11. The molecule has 2 N–H and O–H groups in total. The zero-order chi connectivity index (χ0) is 21.3. The van der Waals surface area contributed by atoms with Gasteiger partial charge in [-0.3, -0.25) is 4.79 Å². The molecule has 4 rings (SSSR count). The van der Waals surface area contributed by atoms with E-state index in [0.717, 1.165) is 18.4 Å². The summed E-state index contributed by atoms with van der Waals surface area (Å²) in [5.74, 6) is 0.978. The molecule has 1 saturated carbocycles. The van der Waals surface area contributed by atoms with Gasteiger partial charge in [0, 0.05) is 17.2 Å². The molecule has 0 unspecified atom stereocenters. The van der Waals surface area contributed by atoms with E-state index in [0.29, 0.717) is 28.9 Å². The highest BCUT2D eigenvalue weighted by molar-refractivity contribution is 7.89. The van der Waals surface area contributed by atoms with Crippen molar-refractivity contribution in [1.82, 2.24) is 14.9 Å². The van der Waals surface area contributed by atoms with Gasteiger partial charge in [-0.2, -0.15) is 9.71 Å². The quantitative estimate of drug-likeness (QED) is 0.600. The third kappa shape index (κ3) is 4.58. The number of carbonyl (C=O) groups is 1. The van der Waals surface area contributed by atoms with E-state index in [2.05, 4.69) is 20.2 Å². The lowest BCUT2D eigenvalue weighted by Crippen LogP contribution is -2.41. The van der Waals surface area contributed by atoms with Gasteiger partial charge >= 0.3 is 0 Å². The minimum Gasteiger partial charge on any atom is -0.339 e. The van der Waals surface area contributed by atoms with Crippen LogP contribution in [0.5, 0.6) is 0 Å². The molecule has 2 aromatic carbocycles. The number of carbonyl (C=O) groups excluding carboxylic acids is 1. The van der Waals surface area contributed by atoms with E-state index in [1.807, 2.05) is 13.0 Å². The summed E-state index contributed by atoms with van der Waals surface area (Å²) in [6.07, 6.45) is 2.13. The monoisotopic (exact) mass is 426 g/mol. The molecule has 30 heavy (non-hydrogen) atoms. The first-order valence-corrected chi connectivity index (χ1v) is 11.1. The van der Waals surface area contributed by atoms with Gasteiger partial charge in [0.05, 0.1) is 10.9 Å². The van der Waals surface area contributed by atoms with E-state index < -0.39 is 22.0 Å². The number of hydrogen-bond donors (Lipinski definition) is 2. The minimum atomic E-state index is -3.81. The van der Waals surface area contributed by atoms with Crippen LogP contribution in [-0.2, 0) is 14.8 Å². The molecule has 9 heteroatoms. The Bertz CT molecular complexity index is 1170. The van der Waals surface area contributed by atoms with Crippen molar-refractivity contribution in [3.8, 4) is 11.4 Å². The fraction of sp³-hybridized carbons (Fsp3) is 0.286. The van der Waals surface area contributed by atoms with Crippen LogP contribution in [0, 0.1) is 6.92 Å². The van der Waals surface area contributed by atoms with Gasteiger partial charge in [0.2, 0.25) is 27.6 Å². The molecular formula is C21H22N4O4S. The maximum absolute atomic E-state index is 12.5. The van der Waals surface area contributed by atoms with Crippen LogP contribution in [0.25, 0.3) is 11.4 Å². The van der Waals surface area contributed by atoms with Crippen LogP contribution in [0.4, 0.5) is 5.69 Å². The number of amides is 1. The number of nitrogens with one attached hydrogen (secondary N) is 2. The predicted molar refractivity (Wildman–Crippen MR) is 111 cm³/mol. The number of benzene rings is 2. The summed E-state index contributed by atoms with van der Waals surface area (Å²) in [7, 11) is -3.81. The molecule has 1 aliphatic rings. The van der Waals surface area contributed by atoms with E-state index in [-0.39, 0.29) is 4.90 Å². The van der Waals surface area contributed by atoms with Crippen LogP contribution in [0.3, 0.4) is 0 Å². The van der Waals surface area contributed by atoms with Crippen LogP contribution < -0.4 is 10.0 Å². The Labute approximate surface area is 174 Å². The van der Waals surface area contributed by atoms with Gasteiger partial charge in [-0.05, 0) is 51.0 Å². The molecule has 3 aromatic rings. The van der Waals surface area contributed by atoms with Crippen LogP contribution in [0.15, 0.2) is 57.9 Å². The molecule has 156 valence electrons. The van der Waals surface area contributed by atoms with Crippen molar-refractivity contribution >= 4 is 21.6 Å². The molecular weight excluding hydrogens is 404 g/mol. The highest BCUT2D eigenvalue weighted by Crippen LogP contribution is 2.39. The van der Waals surface area contributed by atoms with E-state index in [1.165, 1.54) is 19.1 Å². The highest BCUT2D eigenvalue weighted by Gasteiger charge is 2.30. The zero-order valence-electron chi connectivity index (χ0n) is 16.6. The normalized spacial score (nSPS) is 15.0. The predicted octanol–water partition coefficient (Wildman–Crippen LogP) is 3.23. The van der Waals surface area contributed by atoms with Crippen molar-refractivity contribution in [2.24, 2.45) is 0 Å². The summed E-state index contributed by atoms with van der Waals surface area (Å²) in [4.78, 5) is 17.1. The summed E-state index contributed by atoms with van der Waals surface area (Å²) < 4.78 is 32.7. The Hall–Kier alpha value is -3.04. The van der Waals surface area contributed by atoms with Crippen molar-refractivity contribution in [2.45, 2.75) is 43.5 Å². The first kappa shape index (κ1) is 20.2. The lowest BCUT2D eigenvalue weighted by Gasteiger charge is -2.15. The molecule has 1 aliphatic carbocycles. The summed E-state index contributed by atoms with van der Waals surface area (Å²) in [5, 5.41) is 6.73. The molecule has 1 fully saturated rings. The van der Waals surface area contributed by atoms with E-state index >= 15 is 0 Å². The van der Waals surface area contributed by atoms with Crippen molar-refractivity contribution in [2.75, 3.05) is 5.32 Å². The first-order chi connectivity index (χ1) is 14.3. The lowest BCUT2D eigenvalue weighted by molar-refractivity contribution is -0.117. The average molecular weight is 426 g/mol. The minimum absolute atomic E-state index is 0.110. The largest absolute Gasteiger partial charge is 0.339 e. The standard InChI is InChI=1S/C21H22N4O4S/c1-13-6-10-18(11-7-13)30(27,28)25-14(2)20(26)22-17-5-3-4-16(12-17)19-23-21(29-24-19)15-8-9-15/h3-7,10-12,14-15,25H,8-9H2,1-2H3,(H,22,26)/t14-/m1/s1. The van der Waals surface area contributed by atoms with Gasteiger partial charge in [-0.25, -0.2) is 8.42 Å². The van der Waals surface area contributed by atoms with E-state index in [9.17, 15) is 13.2 Å². The number of aromatic nitrogens is 2. The first-order valence-electron chi connectivity index (χ1n) is 9.66. The zero-order valence-corrected chi connectivity index (χ0v) is 17.4. The smallest absolute Gasteiger partial charge is 0.242 e. The second-order valence-electron chi connectivity index (χ2n) is 7.46. The Morgan fingerprint density at radius 1 is 1.17 bits per heavy atom. The Morgan fingerprint density at radius 3 is 2.60 bits per heavy atom. The second-order valence-corrected chi connectivity index (χ2v) is 9.17. The number of aryl methyl sites for hydroxylation is 1. The van der Waals surface area contributed by atoms with Gasteiger partial charge in [0.1, 0.15) is 0 Å². The van der Waals surface area contributed by atoms with Crippen molar-refractivity contribution in [1.29, 1.82) is 0 Å². The highest BCUT2D eigenvalue weighted by atomic mass is 32.2. The maximum Gasteiger partial charge on any atom is 0.242 e. The molecule has 1 aromatic heterocycles. The third-order valence-electron chi connectivity index (χ3n) is 4.81. The van der Waals surface area contributed by atoms with Crippen LogP contribution in [0.1, 0.15) is 37.1 Å². The molecule has 0 radical (unpaired) electrons. The molecule has 1 atom stereocenters. The van der Waals surface area contributed by atoms with Gasteiger partial charge in [0.25, 0.3) is 0 Å². The summed E-state index contributed by atoms with van der Waals surface area (Å²) in [6, 6.07) is 12.5. The topological polar surface area (TPSA) is 114 Å². The molecule has 1 amide bonds. The molecule has 0 bridgehead atoms. The number of rotatable bonds is 7. The fourth-order valence-electron chi connectivity index (χ4n) is 2.91. The Kier molecular flexibility index (Phi) is 5.40.